The predicted octanol–water partition coefficient (Wildman–Crippen LogP) is 3.07. The molecule has 1 heterocycles. The molecule has 0 spiro atoms. The van der Waals surface area contributed by atoms with Gasteiger partial charge in [-0.1, -0.05) is 49.2 Å². The molecule has 1 aromatic carbocycles. The number of aryl methyl sites for hydroxylation is 2. The van der Waals surface area contributed by atoms with Crippen LogP contribution in [0.25, 0.3) is 5.69 Å². The number of benzene rings is 1. The molecule has 1 fully saturated rings. The van der Waals surface area contributed by atoms with Crippen LogP contribution in [0, 0.1) is 19.8 Å². The lowest BCUT2D eigenvalue weighted by Gasteiger charge is -2.21. The minimum Gasteiger partial charge on any atom is -0.355 e. The van der Waals surface area contributed by atoms with Crippen LogP contribution in [0.4, 0.5) is 0 Å². The number of carbonyl (C=O) groups excluding carboxylic acids is 1. The zero-order valence-electron chi connectivity index (χ0n) is 14.9. The number of tetrazole rings is 1. The van der Waals surface area contributed by atoms with Crippen molar-refractivity contribution in [1.29, 1.82) is 0 Å². The molecule has 0 bridgehead atoms. The molecule has 3 rings (SSSR count). The van der Waals surface area contributed by atoms with Crippen LogP contribution in [0.1, 0.15) is 43.2 Å². The van der Waals surface area contributed by atoms with Crippen LogP contribution in [0.2, 0.25) is 0 Å². The fourth-order valence-corrected chi connectivity index (χ4v) is 4.09. The van der Waals surface area contributed by atoms with Crippen molar-refractivity contribution in [3.05, 3.63) is 29.3 Å². The van der Waals surface area contributed by atoms with Gasteiger partial charge in [-0.3, -0.25) is 4.79 Å². The van der Waals surface area contributed by atoms with Gasteiger partial charge in [0.05, 0.1) is 11.4 Å². The zero-order valence-corrected chi connectivity index (χ0v) is 15.7. The largest absolute Gasteiger partial charge is 0.355 e. The van der Waals surface area contributed by atoms with E-state index < -0.39 is 0 Å². The third-order valence-corrected chi connectivity index (χ3v) is 5.66. The first kappa shape index (κ1) is 17.9. The summed E-state index contributed by atoms with van der Waals surface area (Å²) in [4.78, 5) is 12.2. The molecule has 0 aliphatic heterocycles. The molecule has 1 aliphatic rings. The number of para-hydroxylation sites is 1. The second-order valence-electron chi connectivity index (χ2n) is 6.71. The van der Waals surface area contributed by atoms with E-state index in [1.165, 1.54) is 43.9 Å². The first-order valence-corrected chi connectivity index (χ1v) is 9.88. The molecule has 25 heavy (non-hydrogen) atoms. The molecule has 0 radical (unpaired) electrons. The van der Waals surface area contributed by atoms with E-state index in [0.717, 1.165) is 23.4 Å². The van der Waals surface area contributed by atoms with Crippen LogP contribution in [-0.4, -0.2) is 38.4 Å². The van der Waals surface area contributed by atoms with Gasteiger partial charge in [-0.05, 0) is 54.2 Å². The van der Waals surface area contributed by atoms with Gasteiger partial charge in [0.25, 0.3) is 0 Å². The summed E-state index contributed by atoms with van der Waals surface area (Å²) in [6.07, 6.45) is 6.39. The topological polar surface area (TPSA) is 72.7 Å². The molecule has 134 valence electrons. The summed E-state index contributed by atoms with van der Waals surface area (Å²) < 4.78 is 1.73. The SMILES string of the molecule is Cc1cccc(C)c1-n1nnnc1SCC(=O)NCC1CCCCC1. The normalized spacial score (nSPS) is 15.3. The predicted molar refractivity (Wildman–Crippen MR) is 98.9 cm³/mol. The highest BCUT2D eigenvalue weighted by atomic mass is 32.2. The Bertz CT molecular complexity index is 704. The quantitative estimate of drug-likeness (QED) is 0.803. The van der Waals surface area contributed by atoms with Crippen LogP contribution in [0.5, 0.6) is 0 Å². The van der Waals surface area contributed by atoms with Gasteiger partial charge in [0.2, 0.25) is 11.1 Å². The Kier molecular flexibility index (Phi) is 6.07. The molecule has 1 aliphatic carbocycles. The Hall–Kier alpha value is -1.89. The first-order valence-electron chi connectivity index (χ1n) is 8.89. The maximum absolute atomic E-state index is 12.2. The molecule has 1 saturated carbocycles. The Morgan fingerprint density at radius 2 is 1.96 bits per heavy atom. The van der Waals surface area contributed by atoms with E-state index in [0.29, 0.717) is 16.8 Å². The third-order valence-electron chi connectivity index (χ3n) is 4.74. The molecule has 2 aromatic rings. The van der Waals surface area contributed by atoms with Crippen molar-refractivity contribution >= 4 is 17.7 Å². The Morgan fingerprint density at radius 1 is 1.24 bits per heavy atom. The van der Waals surface area contributed by atoms with Crippen molar-refractivity contribution in [2.24, 2.45) is 5.92 Å². The summed E-state index contributed by atoms with van der Waals surface area (Å²) in [5.74, 6) is 1.02. The number of rotatable bonds is 6. The number of carbonyl (C=O) groups is 1. The van der Waals surface area contributed by atoms with Gasteiger partial charge >= 0.3 is 0 Å². The highest BCUT2D eigenvalue weighted by molar-refractivity contribution is 7.99. The zero-order chi connectivity index (χ0) is 17.6. The standard InChI is InChI=1S/C18H25N5OS/c1-13-7-6-8-14(2)17(13)23-18(20-21-22-23)25-12-16(24)19-11-15-9-4-3-5-10-15/h6-8,15H,3-5,9-12H2,1-2H3,(H,19,24). The monoisotopic (exact) mass is 359 g/mol. The summed E-state index contributed by atoms with van der Waals surface area (Å²) in [5.41, 5.74) is 3.20. The number of nitrogens with zero attached hydrogens (tertiary/aromatic N) is 4. The first-order chi connectivity index (χ1) is 12.1. The minimum atomic E-state index is 0.0478. The molecule has 1 aromatic heterocycles. The van der Waals surface area contributed by atoms with Crippen LogP contribution in [0.3, 0.4) is 0 Å². The van der Waals surface area contributed by atoms with E-state index >= 15 is 0 Å². The van der Waals surface area contributed by atoms with Crippen molar-refractivity contribution in [2.75, 3.05) is 12.3 Å². The van der Waals surface area contributed by atoms with Crippen molar-refractivity contribution in [3.63, 3.8) is 0 Å². The van der Waals surface area contributed by atoms with E-state index in [1.54, 1.807) is 4.68 Å². The van der Waals surface area contributed by atoms with Crippen molar-refractivity contribution in [3.8, 4) is 5.69 Å². The number of aromatic nitrogens is 4. The molecule has 1 N–H and O–H groups in total. The Balaban J connectivity index is 1.57. The maximum atomic E-state index is 12.2. The third kappa shape index (κ3) is 4.60. The maximum Gasteiger partial charge on any atom is 0.230 e. The lowest BCUT2D eigenvalue weighted by molar-refractivity contribution is -0.118. The summed E-state index contributed by atoms with van der Waals surface area (Å²) in [6.45, 7) is 4.87. The average Bonchev–Trinajstić information content (AvgIpc) is 3.07. The summed E-state index contributed by atoms with van der Waals surface area (Å²) in [5, 5.41) is 15.7. The number of thioether (sulfide) groups is 1. The molecule has 1 amide bonds. The summed E-state index contributed by atoms with van der Waals surface area (Å²) >= 11 is 1.38. The smallest absolute Gasteiger partial charge is 0.230 e. The van der Waals surface area contributed by atoms with Gasteiger partial charge in [-0.25, -0.2) is 0 Å². The van der Waals surface area contributed by atoms with Crippen molar-refractivity contribution < 1.29 is 4.79 Å². The molecular weight excluding hydrogens is 334 g/mol. The van der Waals surface area contributed by atoms with Crippen LogP contribution >= 0.6 is 11.8 Å². The highest BCUT2D eigenvalue weighted by Gasteiger charge is 2.16. The average molecular weight is 359 g/mol. The number of nitrogens with one attached hydrogen (secondary N) is 1. The van der Waals surface area contributed by atoms with Gasteiger partial charge in [-0.2, -0.15) is 4.68 Å². The van der Waals surface area contributed by atoms with E-state index in [-0.39, 0.29) is 5.91 Å². The highest BCUT2D eigenvalue weighted by Crippen LogP contribution is 2.24. The van der Waals surface area contributed by atoms with Crippen molar-refractivity contribution in [1.82, 2.24) is 25.5 Å². The van der Waals surface area contributed by atoms with Gasteiger partial charge < -0.3 is 5.32 Å². The van der Waals surface area contributed by atoms with Crippen LogP contribution < -0.4 is 5.32 Å². The number of hydrogen-bond acceptors (Lipinski definition) is 5. The molecule has 0 unspecified atom stereocenters. The lowest BCUT2D eigenvalue weighted by Crippen LogP contribution is -2.31. The van der Waals surface area contributed by atoms with Gasteiger partial charge in [-0.15, -0.1) is 5.10 Å². The van der Waals surface area contributed by atoms with Gasteiger partial charge in [0.15, 0.2) is 0 Å². The molecular formula is C18H25N5OS. The van der Waals surface area contributed by atoms with Crippen molar-refractivity contribution in [2.45, 2.75) is 51.1 Å². The number of hydrogen-bond donors (Lipinski definition) is 1. The molecule has 6 nitrogen and oxygen atoms in total. The molecule has 0 saturated heterocycles. The van der Waals surface area contributed by atoms with E-state index in [2.05, 4.69) is 20.8 Å². The Morgan fingerprint density at radius 3 is 2.68 bits per heavy atom. The number of amides is 1. The van der Waals surface area contributed by atoms with Gasteiger partial charge in [0, 0.05) is 6.54 Å². The van der Waals surface area contributed by atoms with E-state index in [4.69, 9.17) is 0 Å². The summed E-state index contributed by atoms with van der Waals surface area (Å²) in [7, 11) is 0. The van der Waals surface area contributed by atoms with E-state index in [9.17, 15) is 4.79 Å². The second kappa shape index (κ2) is 8.47. The van der Waals surface area contributed by atoms with Crippen LogP contribution in [-0.2, 0) is 4.79 Å². The minimum absolute atomic E-state index is 0.0478. The fraction of sp³-hybridized carbons (Fsp3) is 0.556. The van der Waals surface area contributed by atoms with Gasteiger partial charge in [0.1, 0.15) is 0 Å². The summed E-state index contributed by atoms with van der Waals surface area (Å²) in [6, 6.07) is 6.09. The second-order valence-corrected chi connectivity index (χ2v) is 7.65. The Labute approximate surface area is 152 Å². The van der Waals surface area contributed by atoms with Crippen LogP contribution in [0.15, 0.2) is 23.4 Å². The molecule has 0 atom stereocenters. The lowest BCUT2D eigenvalue weighted by atomic mass is 9.89. The van der Waals surface area contributed by atoms with E-state index in [1.807, 2.05) is 32.0 Å². The molecule has 7 heteroatoms. The fourth-order valence-electron chi connectivity index (χ4n) is 3.38.